The third kappa shape index (κ3) is 3.69. The first-order valence-electron chi connectivity index (χ1n) is 7.78. The molecule has 2 nitrogen and oxygen atoms in total. The van der Waals surface area contributed by atoms with Gasteiger partial charge in [0.25, 0.3) is 0 Å². The Labute approximate surface area is 107 Å². The third-order valence-electron chi connectivity index (χ3n) is 4.84. The van der Waals surface area contributed by atoms with E-state index in [1.807, 2.05) is 0 Å². The van der Waals surface area contributed by atoms with Crippen molar-refractivity contribution in [2.24, 2.45) is 5.92 Å². The highest BCUT2D eigenvalue weighted by Gasteiger charge is 2.28. The van der Waals surface area contributed by atoms with Crippen molar-refractivity contribution >= 4 is 0 Å². The van der Waals surface area contributed by atoms with Crippen LogP contribution in [0.2, 0.25) is 0 Å². The molecule has 1 saturated heterocycles. The molecule has 0 aromatic carbocycles. The Balaban J connectivity index is 1.69. The normalized spacial score (nSPS) is 26.5. The molecule has 1 N–H and O–H groups in total. The summed E-state index contributed by atoms with van der Waals surface area (Å²) in [6.45, 7) is 8.53. The van der Waals surface area contributed by atoms with E-state index in [9.17, 15) is 0 Å². The van der Waals surface area contributed by atoms with Crippen LogP contribution in [0.15, 0.2) is 0 Å². The Kier molecular flexibility index (Phi) is 5.30. The van der Waals surface area contributed by atoms with Crippen molar-refractivity contribution in [1.29, 1.82) is 0 Å². The van der Waals surface area contributed by atoms with Crippen LogP contribution < -0.4 is 5.32 Å². The van der Waals surface area contributed by atoms with Crippen molar-refractivity contribution in [1.82, 2.24) is 10.2 Å². The van der Waals surface area contributed by atoms with Gasteiger partial charge < -0.3 is 10.2 Å². The molecule has 0 aromatic heterocycles. The van der Waals surface area contributed by atoms with E-state index in [-0.39, 0.29) is 0 Å². The summed E-state index contributed by atoms with van der Waals surface area (Å²) in [5.41, 5.74) is 0. The van der Waals surface area contributed by atoms with Crippen molar-refractivity contribution < 1.29 is 0 Å². The number of piperidine rings is 1. The van der Waals surface area contributed by atoms with Crippen LogP contribution in [0.1, 0.15) is 58.8 Å². The first-order valence-corrected chi connectivity index (χ1v) is 7.78. The summed E-state index contributed by atoms with van der Waals surface area (Å²) >= 11 is 0. The minimum Gasteiger partial charge on any atom is -0.314 e. The zero-order valence-electron chi connectivity index (χ0n) is 11.8. The first-order chi connectivity index (χ1) is 8.31. The van der Waals surface area contributed by atoms with E-state index in [4.69, 9.17) is 0 Å². The van der Waals surface area contributed by atoms with Crippen molar-refractivity contribution in [2.45, 2.75) is 70.9 Å². The van der Waals surface area contributed by atoms with Crippen LogP contribution in [-0.2, 0) is 0 Å². The number of hydrogen-bond acceptors (Lipinski definition) is 2. The Bertz CT molecular complexity index is 203. The van der Waals surface area contributed by atoms with Gasteiger partial charge in [0, 0.05) is 12.1 Å². The van der Waals surface area contributed by atoms with E-state index in [1.165, 1.54) is 64.6 Å². The van der Waals surface area contributed by atoms with Gasteiger partial charge in [-0.05, 0) is 64.6 Å². The lowest BCUT2D eigenvalue weighted by molar-refractivity contribution is 0.120. The summed E-state index contributed by atoms with van der Waals surface area (Å²) in [5.74, 6) is 0.916. The van der Waals surface area contributed by atoms with Crippen molar-refractivity contribution in [2.75, 3.05) is 19.6 Å². The lowest BCUT2D eigenvalue weighted by Gasteiger charge is -2.38. The smallest absolute Gasteiger partial charge is 0.00952 e. The van der Waals surface area contributed by atoms with Crippen LogP contribution in [0.5, 0.6) is 0 Å². The summed E-state index contributed by atoms with van der Waals surface area (Å²) in [7, 11) is 0. The Morgan fingerprint density at radius 2 is 1.76 bits per heavy atom. The second-order valence-corrected chi connectivity index (χ2v) is 6.05. The third-order valence-corrected chi connectivity index (χ3v) is 4.84. The molecule has 1 aliphatic carbocycles. The number of nitrogens with one attached hydrogen (secondary N) is 1. The Morgan fingerprint density at radius 1 is 1.12 bits per heavy atom. The van der Waals surface area contributed by atoms with Crippen LogP contribution in [0, 0.1) is 5.92 Å². The maximum atomic E-state index is 3.67. The Hall–Kier alpha value is -0.0800. The van der Waals surface area contributed by atoms with Gasteiger partial charge in [-0.2, -0.15) is 0 Å². The molecule has 1 unspecified atom stereocenters. The van der Waals surface area contributed by atoms with E-state index < -0.39 is 0 Å². The van der Waals surface area contributed by atoms with Gasteiger partial charge in [-0.3, -0.25) is 0 Å². The lowest BCUT2D eigenvalue weighted by Crippen LogP contribution is -2.45. The zero-order chi connectivity index (χ0) is 12.1. The fraction of sp³-hybridized carbons (Fsp3) is 1.00. The van der Waals surface area contributed by atoms with Crippen molar-refractivity contribution in [3.05, 3.63) is 0 Å². The maximum absolute atomic E-state index is 3.67. The Morgan fingerprint density at radius 3 is 2.35 bits per heavy atom. The predicted octanol–water partition coefficient (Wildman–Crippen LogP) is 3.03. The van der Waals surface area contributed by atoms with Crippen molar-refractivity contribution in [3.63, 3.8) is 0 Å². The van der Waals surface area contributed by atoms with E-state index >= 15 is 0 Å². The highest BCUT2D eigenvalue weighted by Crippen LogP contribution is 2.28. The minimum absolute atomic E-state index is 0.723. The number of hydrogen-bond donors (Lipinski definition) is 1. The minimum atomic E-state index is 0.723. The fourth-order valence-corrected chi connectivity index (χ4v) is 3.59. The van der Waals surface area contributed by atoms with Gasteiger partial charge in [0.1, 0.15) is 0 Å². The van der Waals surface area contributed by atoms with Crippen molar-refractivity contribution in [3.8, 4) is 0 Å². The summed E-state index contributed by atoms with van der Waals surface area (Å²) in [6.07, 6.45) is 9.95. The quantitative estimate of drug-likeness (QED) is 0.792. The monoisotopic (exact) mass is 238 g/mol. The highest BCUT2D eigenvalue weighted by molar-refractivity contribution is 4.84. The predicted molar refractivity (Wildman–Crippen MR) is 74.3 cm³/mol. The molecule has 1 atom stereocenters. The summed E-state index contributed by atoms with van der Waals surface area (Å²) in [5, 5.41) is 3.67. The molecule has 2 aliphatic rings. The van der Waals surface area contributed by atoms with E-state index in [0.717, 1.165) is 18.0 Å². The van der Waals surface area contributed by atoms with E-state index in [0.29, 0.717) is 0 Å². The molecule has 0 spiro atoms. The van der Waals surface area contributed by atoms with Gasteiger partial charge in [0.15, 0.2) is 0 Å². The molecule has 17 heavy (non-hydrogen) atoms. The molecule has 2 fully saturated rings. The molecule has 0 bridgehead atoms. The molecule has 2 rings (SSSR count). The van der Waals surface area contributed by atoms with Crippen LogP contribution in [-0.4, -0.2) is 36.6 Å². The average Bonchev–Trinajstić information content (AvgIpc) is 2.90. The van der Waals surface area contributed by atoms with Gasteiger partial charge in [-0.25, -0.2) is 0 Å². The summed E-state index contributed by atoms with van der Waals surface area (Å²) in [4.78, 5) is 2.77. The largest absolute Gasteiger partial charge is 0.314 e. The number of likely N-dealkylation sites (tertiary alicyclic amines) is 1. The number of nitrogens with zero attached hydrogens (tertiary/aromatic N) is 1. The lowest BCUT2D eigenvalue weighted by atomic mass is 9.89. The molecule has 100 valence electrons. The van der Waals surface area contributed by atoms with Gasteiger partial charge in [-0.1, -0.05) is 19.8 Å². The molecule has 0 amide bonds. The van der Waals surface area contributed by atoms with Gasteiger partial charge in [-0.15, -0.1) is 0 Å². The maximum Gasteiger partial charge on any atom is 0.00952 e. The number of rotatable bonds is 5. The fourth-order valence-electron chi connectivity index (χ4n) is 3.59. The van der Waals surface area contributed by atoms with Gasteiger partial charge in [0.2, 0.25) is 0 Å². The van der Waals surface area contributed by atoms with E-state index in [2.05, 4.69) is 24.1 Å². The first kappa shape index (κ1) is 13.4. The molecule has 2 heteroatoms. The molecule has 0 aromatic rings. The average molecular weight is 238 g/mol. The highest BCUT2D eigenvalue weighted by atomic mass is 15.2. The second-order valence-electron chi connectivity index (χ2n) is 6.05. The topological polar surface area (TPSA) is 15.3 Å². The molecule has 0 radical (unpaired) electrons. The standard InChI is InChI=1S/C15H30N2/c1-3-10-16-13(2)14-8-11-17(12-9-14)15-6-4-5-7-15/h13-16H,3-12H2,1-2H3. The van der Waals surface area contributed by atoms with Gasteiger partial charge in [0.05, 0.1) is 0 Å². The van der Waals surface area contributed by atoms with Crippen LogP contribution in [0.4, 0.5) is 0 Å². The van der Waals surface area contributed by atoms with Crippen LogP contribution in [0.3, 0.4) is 0 Å². The molecule has 1 heterocycles. The van der Waals surface area contributed by atoms with Crippen LogP contribution >= 0.6 is 0 Å². The zero-order valence-corrected chi connectivity index (χ0v) is 11.8. The SMILES string of the molecule is CCCNC(C)C1CCN(C2CCCC2)CC1. The van der Waals surface area contributed by atoms with E-state index in [1.54, 1.807) is 0 Å². The molecular formula is C15H30N2. The molecule has 1 aliphatic heterocycles. The molecule has 1 saturated carbocycles. The van der Waals surface area contributed by atoms with Crippen LogP contribution in [0.25, 0.3) is 0 Å². The second kappa shape index (κ2) is 6.75. The summed E-state index contributed by atoms with van der Waals surface area (Å²) in [6, 6.07) is 1.66. The molecular weight excluding hydrogens is 208 g/mol. The summed E-state index contributed by atoms with van der Waals surface area (Å²) < 4.78 is 0. The van der Waals surface area contributed by atoms with Gasteiger partial charge >= 0.3 is 0 Å².